The highest BCUT2D eigenvalue weighted by molar-refractivity contribution is 7.17. The normalized spacial score (nSPS) is 10.5. The summed E-state index contributed by atoms with van der Waals surface area (Å²) in [4.78, 5) is 28.2. The third-order valence-electron chi connectivity index (χ3n) is 4.51. The number of carbonyl (C=O) groups excluding carboxylic acids is 2. The first-order valence-corrected chi connectivity index (χ1v) is 10.8. The second-order valence-corrected chi connectivity index (χ2v) is 7.58. The Morgan fingerprint density at radius 2 is 1.91 bits per heavy atom. The maximum Gasteiger partial charge on any atom is 0.513 e. The van der Waals surface area contributed by atoms with Gasteiger partial charge in [-0.1, -0.05) is 24.3 Å². The number of amides is 1. The SMILES string of the molecule is CCOC(=O)Oc1cncc2c(COc3cccc(NC(=O)c4ccccc4)c3)csc12. The fourth-order valence-electron chi connectivity index (χ4n) is 3.01. The van der Waals surface area contributed by atoms with Crippen LogP contribution >= 0.6 is 11.3 Å². The van der Waals surface area contributed by atoms with Crippen molar-refractivity contribution < 1.29 is 23.8 Å². The van der Waals surface area contributed by atoms with E-state index in [0.717, 1.165) is 15.6 Å². The van der Waals surface area contributed by atoms with Gasteiger partial charge in [0.1, 0.15) is 12.4 Å². The summed E-state index contributed by atoms with van der Waals surface area (Å²) in [6, 6.07) is 16.2. The predicted molar refractivity (Wildman–Crippen MR) is 122 cm³/mol. The van der Waals surface area contributed by atoms with Crippen molar-refractivity contribution in [1.82, 2.24) is 4.98 Å². The molecule has 0 spiro atoms. The van der Waals surface area contributed by atoms with Crippen LogP contribution in [0.15, 0.2) is 72.4 Å². The van der Waals surface area contributed by atoms with E-state index in [2.05, 4.69) is 10.3 Å². The zero-order valence-electron chi connectivity index (χ0n) is 17.2. The Morgan fingerprint density at radius 3 is 2.72 bits per heavy atom. The third-order valence-corrected chi connectivity index (χ3v) is 5.57. The van der Waals surface area contributed by atoms with E-state index in [1.165, 1.54) is 17.5 Å². The lowest BCUT2D eigenvalue weighted by atomic mass is 10.2. The molecule has 0 saturated carbocycles. The molecular formula is C24H20N2O5S. The number of nitrogens with one attached hydrogen (secondary N) is 1. The molecule has 4 rings (SSSR count). The van der Waals surface area contributed by atoms with Gasteiger partial charge in [0.05, 0.1) is 17.5 Å². The lowest BCUT2D eigenvalue weighted by Gasteiger charge is -2.09. The Bertz CT molecular complexity index is 1240. The van der Waals surface area contributed by atoms with Crippen LogP contribution in [0.3, 0.4) is 0 Å². The molecule has 7 nitrogen and oxygen atoms in total. The molecule has 0 aliphatic carbocycles. The summed E-state index contributed by atoms with van der Waals surface area (Å²) in [6.45, 7) is 2.24. The molecule has 1 N–H and O–H groups in total. The minimum Gasteiger partial charge on any atom is -0.489 e. The van der Waals surface area contributed by atoms with Gasteiger partial charge in [-0.3, -0.25) is 9.78 Å². The number of benzene rings is 2. The number of carbonyl (C=O) groups is 2. The van der Waals surface area contributed by atoms with Crippen LogP contribution in [-0.2, 0) is 11.3 Å². The van der Waals surface area contributed by atoms with Crippen molar-refractivity contribution in [2.45, 2.75) is 13.5 Å². The third kappa shape index (κ3) is 5.04. The molecule has 1 amide bonds. The van der Waals surface area contributed by atoms with E-state index < -0.39 is 6.16 Å². The standard InChI is InChI=1S/C24H20N2O5S/c1-2-29-24(28)31-21-13-25-12-20-17(15-32-22(20)21)14-30-19-10-6-9-18(11-19)26-23(27)16-7-4-3-5-8-16/h3-13,15H,2,14H2,1H3,(H,26,27). The van der Waals surface area contributed by atoms with Crippen LogP contribution in [0.4, 0.5) is 10.5 Å². The van der Waals surface area contributed by atoms with Crippen molar-refractivity contribution in [2.75, 3.05) is 11.9 Å². The predicted octanol–water partition coefficient (Wildman–Crippen LogP) is 5.66. The molecule has 2 aromatic heterocycles. The molecule has 0 unspecified atom stereocenters. The van der Waals surface area contributed by atoms with Crippen molar-refractivity contribution in [1.29, 1.82) is 0 Å². The van der Waals surface area contributed by atoms with Crippen LogP contribution in [0.5, 0.6) is 11.5 Å². The Balaban J connectivity index is 1.44. The van der Waals surface area contributed by atoms with Crippen molar-refractivity contribution in [2.24, 2.45) is 0 Å². The second kappa shape index (κ2) is 9.93. The topological polar surface area (TPSA) is 86.8 Å². The lowest BCUT2D eigenvalue weighted by molar-refractivity contribution is 0.102. The summed E-state index contributed by atoms with van der Waals surface area (Å²) in [7, 11) is 0. The van der Waals surface area contributed by atoms with Crippen molar-refractivity contribution in [3.63, 3.8) is 0 Å². The van der Waals surface area contributed by atoms with Crippen LogP contribution in [0.25, 0.3) is 10.1 Å². The second-order valence-electron chi connectivity index (χ2n) is 6.70. The van der Waals surface area contributed by atoms with Crippen molar-refractivity contribution >= 4 is 39.2 Å². The number of anilines is 1. The van der Waals surface area contributed by atoms with E-state index in [1.807, 2.05) is 35.7 Å². The van der Waals surface area contributed by atoms with E-state index in [9.17, 15) is 9.59 Å². The van der Waals surface area contributed by atoms with Gasteiger partial charge in [-0.2, -0.15) is 0 Å². The summed E-state index contributed by atoms with van der Waals surface area (Å²) in [5, 5.41) is 5.64. The minimum atomic E-state index is -0.762. The molecule has 0 aliphatic heterocycles. The van der Waals surface area contributed by atoms with Gasteiger partial charge in [0.2, 0.25) is 0 Å². The molecule has 8 heteroatoms. The van der Waals surface area contributed by atoms with E-state index in [1.54, 1.807) is 37.4 Å². The van der Waals surface area contributed by atoms with Crippen molar-refractivity contribution in [3.8, 4) is 11.5 Å². The monoisotopic (exact) mass is 448 g/mol. The van der Waals surface area contributed by atoms with Gasteiger partial charge in [0.15, 0.2) is 5.75 Å². The van der Waals surface area contributed by atoms with Gasteiger partial charge in [-0.15, -0.1) is 11.3 Å². The summed E-state index contributed by atoms with van der Waals surface area (Å²) in [5.41, 5.74) is 2.13. The largest absolute Gasteiger partial charge is 0.513 e. The summed E-state index contributed by atoms with van der Waals surface area (Å²) in [6.07, 6.45) is 2.43. The number of rotatable bonds is 7. The van der Waals surface area contributed by atoms with Crippen LogP contribution < -0.4 is 14.8 Å². The quantitative estimate of drug-likeness (QED) is 0.367. The molecule has 0 radical (unpaired) electrons. The lowest BCUT2D eigenvalue weighted by Crippen LogP contribution is -2.11. The average Bonchev–Trinajstić information content (AvgIpc) is 3.23. The van der Waals surface area contributed by atoms with E-state index in [0.29, 0.717) is 29.4 Å². The fraction of sp³-hybridized carbons (Fsp3) is 0.125. The maximum absolute atomic E-state index is 12.4. The maximum atomic E-state index is 12.4. The number of ether oxygens (including phenoxy) is 3. The first-order valence-electron chi connectivity index (χ1n) is 9.92. The molecule has 32 heavy (non-hydrogen) atoms. The van der Waals surface area contributed by atoms with E-state index in [-0.39, 0.29) is 12.5 Å². The summed E-state index contributed by atoms with van der Waals surface area (Å²) >= 11 is 1.44. The van der Waals surface area contributed by atoms with E-state index >= 15 is 0 Å². The molecule has 0 fully saturated rings. The van der Waals surface area contributed by atoms with E-state index in [4.69, 9.17) is 14.2 Å². The Kier molecular flexibility index (Phi) is 6.62. The van der Waals surface area contributed by atoms with Crippen LogP contribution in [0, 0.1) is 0 Å². The van der Waals surface area contributed by atoms with Crippen LogP contribution in [0.2, 0.25) is 0 Å². The number of aromatic nitrogens is 1. The van der Waals surface area contributed by atoms with Gasteiger partial charge in [-0.25, -0.2) is 4.79 Å². The van der Waals surface area contributed by atoms with Gasteiger partial charge < -0.3 is 19.5 Å². The van der Waals surface area contributed by atoms with Gasteiger partial charge in [0, 0.05) is 34.5 Å². The number of nitrogens with zero attached hydrogens (tertiary/aromatic N) is 1. The van der Waals surface area contributed by atoms with Crippen LogP contribution in [0.1, 0.15) is 22.8 Å². The number of thiophene rings is 1. The molecule has 0 aliphatic rings. The molecule has 2 heterocycles. The zero-order chi connectivity index (χ0) is 22.3. The zero-order valence-corrected chi connectivity index (χ0v) is 18.1. The fourth-order valence-corrected chi connectivity index (χ4v) is 3.99. The summed E-state index contributed by atoms with van der Waals surface area (Å²) < 4.78 is 16.8. The summed E-state index contributed by atoms with van der Waals surface area (Å²) in [5.74, 6) is 0.775. The molecule has 0 bridgehead atoms. The first-order chi connectivity index (χ1) is 15.6. The number of fused-ring (bicyclic) bond motifs is 1. The molecule has 2 aromatic carbocycles. The number of hydrogen-bond donors (Lipinski definition) is 1. The molecule has 4 aromatic rings. The minimum absolute atomic E-state index is 0.188. The highest BCUT2D eigenvalue weighted by Crippen LogP contribution is 2.34. The van der Waals surface area contributed by atoms with Crippen LogP contribution in [-0.4, -0.2) is 23.7 Å². The van der Waals surface area contributed by atoms with Gasteiger partial charge >= 0.3 is 6.16 Å². The Hall–Kier alpha value is -3.91. The Morgan fingerprint density at radius 1 is 1.06 bits per heavy atom. The Labute approximate surface area is 188 Å². The molecular weight excluding hydrogens is 428 g/mol. The number of hydrogen-bond acceptors (Lipinski definition) is 7. The molecule has 0 atom stereocenters. The van der Waals surface area contributed by atoms with Crippen molar-refractivity contribution in [3.05, 3.63) is 83.5 Å². The first kappa shape index (κ1) is 21.3. The highest BCUT2D eigenvalue weighted by atomic mass is 32.1. The highest BCUT2D eigenvalue weighted by Gasteiger charge is 2.14. The average molecular weight is 449 g/mol. The van der Waals surface area contributed by atoms with Gasteiger partial charge in [-0.05, 0) is 36.6 Å². The number of pyridine rings is 1. The smallest absolute Gasteiger partial charge is 0.489 e. The van der Waals surface area contributed by atoms with Gasteiger partial charge in [0.25, 0.3) is 5.91 Å². The molecule has 162 valence electrons. The molecule has 0 saturated heterocycles.